The summed E-state index contributed by atoms with van der Waals surface area (Å²) in [6.07, 6.45) is 6.71. The molecule has 1 aliphatic heterocycles. The van der Waals surface area contributed by atoms with E-state index in [4.69, 9.17) is 5.11 Å². The van der Waals surface area contributed by atoms with E-state index in [0.717, 1.165) is 19.1 Å². The number of aliphatic hydroxyl groups is 1. The van der Waals surface area contributed by atoms with Gasteiger partial charge >= 0.3 is 0 Å². The Bertz CT molecular complexity index is 169. The molecule has 14 heavy (non-hydrogen) atoms. The molecule has 2 aliphatic rings. The van der Waals surface area contributed by atoms with Crippen LogP contribution < -0.4 is 5.32 Å². The van der Waals surface area contributed by atoms with Crippen LogP contribution in [0.25, 0.3) is 0 Å². The van der Waals surface area contributed by atoms with E-state index in [0.29, 0.717) is 12.6 Å². The molecule has 2 fully saturated rings. The lowest BCUT2D eigenvalue weighted by atomic mass is 10.0. The van der Waals surface area contributed by atoms with Crippen LogP contribution in [0.4, 0.5) is 0 Å². The van der Waals surface area contributed by atoms with E-state index in [1.54, 1.807) is 0 Å². The van der Waals surface area contributed by atoms with Crippen molar-refractivity contribution < 1.29 is 5.11 Å². The van der Waals surface area contributed by atoms with Crippen molar-refractivity contribution in [1.82, 2.24) is 10.2 Å². The lowest BCUT2D eigenvalue weighted by molar-refractivity contribution is 0.115. The molecule has 0 spiro atoms. The van der Waals surface area contributed by atoms with Gasteiger partial charge in [-0.3, -0.25) is 4.90 Å². The molecule has 1 heterocycles. The lowest BCUT2D eigenvalue weighted by Crippen LogP contribution is -2.46. The molecule has 2 N–H and O–H groups in total. The van der Waals surface area contributed by atoms with Crippen molar-refractivity contribution in [3.8, 4) is 0 Å². The molecule has 0 radical (unpaired) electrons. The highest BCUT2D eigenvalue weighted by atomic mass is 16.3. The van der Waals surface area contributed by atoms with Crippen LogP contribution in [0.5, 0.6) is 0 Å². The highest BCUT2D eigenvalue weighted by molar-refractivity contribution is 4.85. The maximum absolute atomic E-state index is 8.96. The van der Waals surface area contributed by atoms with Crippen LogP contribution in [0, 0.1) is 0 Å². The molecule has 0 bridgehead atoms. The van der Waals surface area contributed by atoms with Gasteiger partial charge in [0.25, 0.3) is 0 Å². The Morgan fingerprint density at radius 1 is 1.21 bits per heavy atom. The Labute approximate surface area is 86.5 Å². The van der Waals surface area contributed by atoms with Crippen molar-refractivity contribution in [2.45, 2.75) is 44.2 Å². The zero-order valence-electron chi connectivity index (χ0n) is 8.91. The summed E-state index contributed by atoms with van der Waals surface area (Å²) in [5, 5.41) is 12.6. The average Bonchev–Trinajstić information content (AvgIpc) is 3.01. The Hall–Kier alpha value is -0.120. The summed E-state index contributed by atoms with van der Waals surface area (Å²) in [4.78, 5) is 2.44. The standard InChI is InChI=1S/C11H22N2O/c14-8-7-13-6-2-1-3-11(13)9-12-10-4-5-10/h10-12,14H,1-9H2. The van der Waals surface area contributed by atoms with Gasteiger partial charge in [0.1, 0.15) is 0 Å². The van der Waals surface area contributed by atoms with Crippen LogP contribution in [-0.2, 0) is 0 Å². The monoisotopic (exact) mass is 198 g/mol. The van der Waals surface area contributed by atoms with Crippen LogP contribution in [0.15, 0.2) is 0 Å². The van der Waals surface area contributed by atoms with Gasteiger partial charge in [-0.15, -0.1) is 0 Å². The van der Waals surface area contributed by atoms with Crippen molar-refractivity contribution in [3.05, 3.63) is 0 Å². The van der Waals surface area contributed by atoms with Gasteiger partial charge in [0.15, 0.2) is 0 Å². The van der Waals surface area contributed by atoms with Gasteiger partial charge in [-0.2, -0.15) is 0 Å². The van der Waals surface area contributed by atoms with Crippen molar-refractivity contribution in [2.24, 2.45) is 0 Å². The zero-order valence-corrected chi connectivity index (χ0v) is 8.91. The predicted molar refractivity (Wildman–Crippen MR) is 57.3 cm³/mol. The van der Waals surface area contributed by atoms with E-state index in [1.165, 1.54) is 38.6 Å². The van der Waals surface area contributed by atoms with E-state index in [2.05, 4.69) is 10.2 Å². The number of nitrogens with zero attached hydrogens (tertiary/aromatic N) is 1. The molecular formula is C11H22N2O. The second kappa shape index (κ2) is 5.10. The number of likely N-dealkylation sites (tertiary alicyclic amines) is 1. The highest BCUT2D eigenvalue weighted by Crippen LogP contribution is 2.21. The average molecular weight is 198 g/mol. The SMILES string of the molecule is OCCN1CCCCC1CNC1CC1. The molecule has 0 amide bonds. The van der Waals surface area contributed by atoms with E-state index in [9.17, 15) is 0 Å². The lowest BCUT2D eigenvalue weighted by Gasteiger charge is -2.35. The maximum Gasteiger partial charge on any atom is 0.0558 e. The molecule has 82 valence electrons. The molecule has 3 nitrogen and oxygen atoms in total. The minimum absolute atomic E-state index is 0.305. The molecule has 1 aliphatic carbocycles. The van der Waals surface area contributed by atoms with Gasteiger partial charge in [0, 0.05) is 25.2 Å². The number of rotatable bonds is 5. The summed E-state index contributed by atoms with van der Waals surface area (Å²) in [6, 6.07) is 1.49. The molecule has 1 unspecified atom stereocenters. The summed E-state index contributed by atoms with van der Waals surface area (Å²) < 4.78 is 0. The third-order valence-electron chi connectivity index (χ3n) is 3.36. The number of hydrogen-bond acceptors (Lipinski definition) is 3. The number of aliphatic hydroxyl groups excluding tert-OH is 1. The molecule has 2 rings (SSSR count). The van der Waals surface area contributed by atoms with Crippen molar-refractivity contribution in [2.75, 3.05) is 26.2 Å². The fraction of sp³-hybridized carbons (Fsp3) is 1.00. The van der Waals surface area contributed by atoms with Crippen LogP contribution >= 0.6 is 0 Å². The first-order valence-electron chi connectivity index (χ1n) is 5.98. The first-order valence-corrected chi connectivity index (χ1v) is 5.98. The summed E-state index contributed by atoms with van der Waals surface area (Å²) >= 11 is 0. The van der Waals surface area contributed by atoms with Gasteiger partial charge in [0.2, 0.25) is 0 Å². The van der Waals surface area contributed by atoms with Crippen LogP contribution in [0.2, 0.25) is 0 Å². The number of β-amino-alcohol motifs (C(OH)–C–C–N with tert-alkyl or cyclic N) is 1. The summed E-state index contributed by atoms with van der Waals surface area (Å²) in [5.41, 5.74) is 0. The summed E-state index contributed by atoms with van der Waals surface area (Å²) in [7, 11) is 0. The number of nitrogens with one attached hydrogen (secondary N) is 1. The molecular weight excluding hydrogens is 176 g/mol. The summed E-state index contributed by atoms with van der Waals surface area (Å²) in [6.45, 7) is 3.47. The molecule has 1 saturated heterocycles. The highest BCUT2D eigenvalue weighted by Gasteiger charge is 2.25. The van der Waals surface area contributed by atoms with Gasteiger partial charge < -0.3 is 10.4 Å². The normalized spacial score (nSPS) is 29.4. The van der Waals surface area contributed by atoms with Gasteiger partial charge in [-0.25, -0.2) is 0 Å². The van der Waals surface area contributed by atoms with Gasteiger partial charge in [-0.1, -0.05) is 6.42 Å². The Balaban J connectivity index is 1.72. The smallest absolute Gasteiger partial charge is 0.0558 e. The van der Waals surface area contributed by atoms with Crippen LogP contribution in [0.3, 0.4) is 0 Å². The third kappa shape index (κ3) is 2.94. The number of hydrogen-bond donors (Lipinski definition) is 2. The third-order valence-corrected chi connectivity index (χ3v) is 3.36. The molecule has 3 heteroatoms. The van der Waals surface area contributed by atoms with Crippen LogP contribution in [-0.4, -0.2) is 48.3 Å². The van der Waals surface area contributed by atoms with E-state index in [1.807, 2.05) is 0 Å². The fourth-order valence-corrected chi connectivity index (χ4v) is 2.30. The Kier molecular flexibility index (Phi) is 3.79. The molecule has 1 atom stereocenters. The van der Waals surface area contributed by atoms with Crippen LogP contribution in [0.1, 0.15) is 32.1 Å². The minimum Gasteiger partial charge on any atom is -0.395 e. The second-order valence-electron chi connectivity index (χ2n) is 4.59. The number of piperidine rings is 1. The van der Waals surface area contributed by atoms with Crippen molar-refractivity contribution >= 4 is 0 Å². The maximum atomic E-state index is 8.96. The minimum atomic E-state index is 0.305. The van der Waals surface area contributed by atoms with E-state index >= 15 is 0 Å². The van der Waals surface area contributed by atoms with E-state index < -0.39 is 0 Å². The van der Waals surface area contributed by atoms with Gasteiger partial charge in [0.05, 0.1) is 6.61 Å². The topological polar surface area (TPSA) is 35.5 Å². The fourth-order valence-electron chi connectivity index (χ4n) is 2.30. The molecule has 1 saturated carbocycles. The molecule has 0 aromatic carbocycles. The second-order valence-corrected chi connectivity index (χ2v) is 4.59. The Morgan fingerprint density at radius 2 is 2.07 bits per heavy atom. The Morgan fingerprint density at radius 3 is 2.79 bits per heavy atom. The van der Waals surface area contributed by atoms with Crippen molar-refractivity contribution in [3.63, 3.8) is 0 Å². The largest absolute Gasteiger partial charge is 0.395 e. The molecule has 0 aromatic heterocycles. The van der Waals surface area contributed by atoms with Crippen molar-refractivity contribution in [1.29, 1.82) is 0 Å². The van der Waals surface area contributed by atoms with E-state index in [-0.39, 0.29) is 0 Å². The first kappa shape index (κ1) is 10.4. The molecule has 0 aromatic rings. The first-order chi connectivity index (χ1) is 6.90. The quantitative estimate of drug-likeness (QED) is 0.678. The predicted octanol–water partition coefficient (Wildman–Crippen LogP) is 0.585. The van der Waals surface area contributed by atoms with Gasteiger partial charge in [-0.05, 0) is 32.2 Å². The zero-order chi connectivity index (χ0) is 9.80. The summed E-state index contributed by atoms with van der Waals surface area (Å²) in [5.74, 6) is 0.